The minimum atomic E-state index is 0.683. The molecule has 4 aromatic heterocycles. The molecule has 0 aliphatic carbocycles. The van der Waals surface area contributed by atoms with Crippen molar-refractivity contribution >= 4 is 95.7 Å². The summed E-state index contributed by atoms with van der Waals surface area (Å²) in [6, 6.07) is 54.5. The van der Waals surface area contributed by atoms with Gasteiger partial charge in [-0.1, -0.05) is 133 Å². The largest absolute Gasteiger partial charge is 0.277 e. The fraction of sp³-hybridized carbons (Fsp3) is 0. The van der Waals surface area contributed by atoms with Gasteiger partial charge in [0.25, 0.3) is 0 Å². The zero-order chi connectivity index (χ0) is 32.1. The molecule has 0 aliphatic rings. The van der Waals surface area contributed by atoms with Crippen molar-refractivity contribution in [1.29, 1.82) is 0 Å². The fourth-order valence-electron chi connectivity index (χ4n) is 7.69. The van der Waals surface area contributed by atoms with Crippen LogP contribution in [0.15, 0.2) is 152 Å². The Labute approximate surface area is 289 Å². The third-order valence-electron chi connectivity index (χ3n) is 9.83. The van der Waals surface area contributed by atoms with Gasteiger partial charge in [0.05, 0.1) is 26.9 Å². The molecule has 0 aliphatic heterocycles. The van der Waals surface area contributed by atoms with Crippen molar-refractivity contribution in [3.05, 3.63) is 152 Å². The third kappa shape index (κ3) is 3.88. The van der Waals surface area contributed by atoms with Gasteiger partial charge in [0, 0.05) is 57.7 Å². The molecule has 0 radical (unpaired) electrons. The zero-order valence-electron chi connectivity index (χ0n) is 26.1. The number of fused-ring (bicyclic) bond motifs is 11. The zero-order valence-corrected chi connectivity index (χ0v) is 27.7. The summed E-state index contributed by atoms with van der Waals surface area (Å²) in [5.74, 6) is 0.683. The molecule has 7 aromatic carbocycles. The number of nitrogens with zero attached hydrogens (tertiary/aromatic N) is 3. The van der Waals surface area contributed by atoms with E-state index in [1.165, 1.54) is 57.5 Å². The summed E-state index contributed by atoms with van der Waals surface area (Å²) < 4.78 is 7.23. The van der Waals surface area contributed by atoms with Gasteiger partial charge in [0.15, 0.2) is 0 Å². The van der Waals surface area contributed by atoms with Gasteiger partial charge in [0.2, 0.25) is 5.95 Å². The molecule has 0 bridgehead atoms. The highest BCUT2D eigenvalue weighted by molar-refractivity contribution is 7.26. The van der Waals surface area contributed by atoms with Gasteiger partial charge < -0.3 is 0 Å². The molecule has 0 unspecified atom stereocenters. The van der Waals surface area contributed by atoms with Gasteiger partial charge in [-0.05, 0) is 29.0 Å². The lowest BCUT2D eigenvalue weighted by Crippen LogP contribution is -2.03. The van der Waals surface area contributed by atoms with Crippen LogP contribution in [0.2, 0.25) is 0 Å². The second-order valence-corrected chi connectivity index (χ2v) is 14.6. The number of hydrogen-bond acceptors (Lipinski definition) is 4. The van der Waals surface area contributed by atoms with Gasteiger partial charge in [-0.25, -0.2) is 9.97 Å². The lowest BCUT2D eigenvalue weighted by Gasteiger charge is -2.13. The molecular weight excluding hydrogens is 635 g/mol. The molecule has 228 valence electrons. The number of aromatic nitrogens is 3. The molecular formula is C44H25N3S2. The summed E-state index contributed by atoms with van der Waals surface area (Å²) in [6.07, 6.45) is 0. The van der Waals surface area contributed by atoms with Gasteiger partial charge in [-0.3, -0.25) is 4.57 Å². The van der Waals surface area contributed by atoms with E-state index in [9.17, 15) is 0 Å². The van der Waals surface area contributed by atoms with Crippen LogP contribution in [-0.2, 0) is 0 Å². The van der Waals surface area contributed by atoms with E-state index in [0.717, 1.165) is 37.9 Å². The highest BCUT2D eigenvalue weighted by atomic mass is 32.1. The van der Waals surface area contributed by atoms with E-state index in [1.54, 1.807) is 11.3 Å². The molecule has 0 N–H and O–H groups in total. The first-order valence-corrected chi connectivity index (χ1v) is 18.1. The minimum Gasteiger partial charge on any atom is -0.277 e. The van der Waals surface area contributed by atoms with Crippen molar-refractivity contribution in [2.45, 2.75) is 0 Å². The summed E-state index contributed by atoms with van der Waals surface area (Å²) in [5.41, 5.74) is 7.66. The monoisotopic (exact) mass is 659 g/mol. The molecule has 49 heavy (non-hydrogen) atoms. The SMILES string of the molecule is c1ccc(-c2nc(-n3c4ccccc4c4cccc(-c5cccc6c5sc5ccc7ccccc7c56)c43)nc3c2sc2ccccc23)cc1. The van der Waals surface area contributed by atoms with Gasteiger partial charge in [-0.15, -0.1) is 22.7 Å². The molecule has 4 heterocycles. The molecule has 3 nitrogen and oxygen atoms in total. The number of benzene rings is 7. The van der Waals surface area contributed by atoms with E-state index in [0.29, 0.717) is 5.95 Å². The van der Waals surface area contributed by atoms with Gasteiger partial charge >= 0.3 is 0 Å². The van der Waals surface area contributed by atoms with Crippen molar-refractivity contribution in [2.24, 2.45) is 0 Å². The van der Waals surface area contributed by atoms with Crippen molar-refractivity contribution in [3.8, 4) is 28.3 Å². The Morgan fingerprint density at radius 1 is 0.449 bits per heavy atom. The highest BCUT2D eigenvalue weighted by Gasteiger charge is 2.23. The Morgan fingerprint density at radius 3 is 2.04 bits per heavy atom. The Hall–Kier alpha value is -5.88. The standard InChI is InChI=1S/C44H25N3S2/c1-2-13-27(14-3-1)39-43-40(33-17-7-9-23-36(33)48-43)46-44(45-39)47-35-22-8-6-16-29(35)30-18-10-19-31(41(30)47)32-20-11-21-34-38-28-15-5-4-12-26(28)24-25-37(38)49-42(32)34/h1-25H. The quantitative estimate of drug-likeness (QED) is 0.189. The van der Waals surface area contributed by atoms with E-state index in [-0.39, 0.29) is 0 Å². The normalized spacial score (nSPS) is 12.1. The van der Waals surface area contributed by atoms with E-state index in [1.807, 2.05) is 11.3 Å². The van der Waals surface area contributed by atoms with E-state index in [4.69, 9.17) is 9.97 Å². The Morgan fingerprint density at radius 2 is 1.14 bits per heavy atom. The maximum absolute atomic E-state index is 5.44. The lowest BCUT2D eigenvalue weighted by atomic mass is 9.98. The number of rotatable bonds is 3. The first-order chi connectivity index (χ1) is 24.3. The molecule has 0 spiro atoms. The molecule has 5 heteroatoms. The highest BCUT2D eigenvalue weighted by Crippen LogP contribution is 2.46. The van der Waals surface area contributed by atoms with Crippen molar-refractivity contribution in [1.82, 2.24) is 14.5 Å². The van der Waals surface area contributed by atoms with Crippen LogP contribution in [0.5, 0.6) is 0 Å². The van der Waals surface area contributed by atoms with Crippen LogP contribution >= 0.6 is 22.7 Å². The fourth-order valence-corrected chi connectivity index (χ4v) is 10.1. The van der Waals surface area contributed by atoms with Gasteiger partial charge in [-0.2, -0.15) is 0 Å². The second kappa shape index (κ2) is 10.3. The number of hydrogen-bond donors (Lipinski definition) is 0. The first kappa shape index (κ1) is 27.1. The van der Waals surface area contributed by atoms with Crippen LogP contribution in [0.25, 0.3) is 101 Å². The smallest absolute Gasteiger partial charge is 0.235 e. The average molecular weight is 660 g/mol. The summed E-state index contributed by atoms with van der Waals surface area (Å²) in [6.45, 7) is 0. The summed E-state index contributed by atoms with van der Waals surface area (Å²) >= 11 is 3.65. The predicted octanol–water partition coefficient (Wildman–Crippen LogP) is 12.8. The topological polar surface area (TPSA) is 30.7 Å². The average Bonchev–Trinajstić information content (AvgIpc) is 3.85. The molecule has 0 amide bonds. The first-order valence-electron chi connectivity index (χ1n) is 16.4. The van der Waals surface area contributed by atoms with E-state index < -0.39 is 0 Å². The summed E-state index contributed by atoms with van der Waals surface area (Å²) in [7, 11) is 0. The molecule has 0 fully saturated rings. The summed E-state index contributed by atoms with van der Waals surface area (Å²) in [5, 5.41) is 8.73. The molecule has 0 saturated heterocycles. The molecule has 11 rings (SSSR count). The summed E-state index contributed by atoms with van der Waals surface area (Å²) in [4.78, 5) is 10.9. The predicted molar refractivity (Wildman–Crippen MR) is 211 cm³/mol. The van der Waals surface area contributed by atoms with E-state index >= 15 is 0 Å². The van der Waals surface area contributed by atoms with Crippen LogP contribution < -0.4 is 0 Å². The number of para-hydroxylation sites is 2. The Balaban J connectivity index is 1.27. The van der Waals surface area contributed by atoms with Crippen LogP contribution in [0.1, 0.15) is 0 Å². The molecule has 0 atom stereocenters. The third-order valence-corrected chi connectivity index (χ3v) is 12.2. The van der Waals surface area contributed by atoms with Crippen molar-refractivity contribution < 1.29 is 0 Å². The maximum Gasteiger partial charge on any atom is 0.235 e. The van der Waals surface area contributed by atoms with Crippen molar-refractivity contribution in [3.63, 3.8) is 0 Å². The lowest BCUT2D eigenvalue weighted by molar-refractivity contribution is 1.02. The van der Waals surface area contributed by atoms with Crippen LogP contribution in [-0.4, -0.2) is 14.5 Å². The Kier molecular flexibility index (Phi) is 5.70. The van der Waals surface area contributed by atoms with Crippen molar-refractivity contribution in [2.75, 3.05) is 0 Å². The minimum absolute atomic E-state index is 0.683. The van der Waals surface area contributed by atoms with Gasteiger partial charge in [0.1, 0.15) is 0 Å². The Bertz CT molecular complexity index is 3110. The number of thiophene rings is 2. The maximum atomic E-state index is 5.44. The van der Waals surface area contributed by atoms with Crippen LogP contribution in [0.4, 0.5) is 0 Å². The molecule has 0 saturated carbocycles. The van der Waals surface area contributed by atoms with E-state index in [2.05, 4.69) is 156 Å². The van der Waals surface area contributed by atoms with Crippen LogP contribution in [0, 0.1) is 0 Å². The van der Waals surface area contributed by atoms with Crippen LogP contribution in [0.3, 0.4) is 0 Å². The second-order valence-electron chi connectivity index (χ2n) is 12.5. The molecule has 11 aromatic rings.